The predicted molar refractivity (Wildman–Crippen MR) is 86.4 cm³/mol. The van der Waals surface area contributed by atoms with Crippen molar-refractivity contribution in [3.05, 3.63) is 60.3 Å². The summed E-state index contributed by atoms with van der Waals surface area (Å²) < 4.78 is 0. The number of aromatic nitrogens is 1. The fraction of sp³-hybridized carbons (Fsp3) is 0.176. The van der Waals surface area contributed by atoms with Gasteiger partial charge in [0.05, 0.1) is 0 Å². The van der Waals surface area contributed by atoms with Crippen LogP contribution in [0, 0.1) is 0 Å². The van der Waals surface area contributed by atoms with Crippen LogP contribution in [-0.4, -0.2) is 19.1 Å². The van der Waals surface area contributed by atoms with Crippen LogP contribution in [0.4, 0.5) is 11.4 Å². The SMILES string of the molecule is CN(C)c1ccc(CNc2ccc3[nH]ccc3c2)cc1. The van der Waals surface area contributed by atoms with Crippen molar-refractivity contribution in [2.75, 3.05) is 24.3 Å². The summed E-state index contributed by atoms with van der Waals surface area (Å²) in [5.41, 5.74) is 4.83. The molecule has 0 aliphatic carbocycles. The van der Waals surface area contributed by atoms with Crippen molar-refractivity contribution in [3.63, 3.8) is 0 Å². The Hall–Kier alpha value is -2.42. The van der Waals surface area contributed by atoms with Gasteiger partial charge in [-0.1, -0.05) is 12.1 Å². The Balaban J connectivity index is 1.69. The predicted octanol–water partition coefficient (Wildman–Crippen LogP) is 3.85. The van der Waals surface area contributed by atoms with Crippen molar-refractivity contribution in [3.8, 4) is 0 Å². The van der Waals surface area contributed by atoms with Crippen LogP contribution in [0.2, 0.25) is 0 Å². The number of anilines is 2. The second-order valence-corrected chi connectivity index (χ2v) is 5.19. The highest BCUT2D eigenvalue weighted by molar-refractivity contribution is 5.82. The molecule has 3 heteroatoms. The molecular weight excluding hydrogens is 246 g/mol. The molecule has 0 radical (unpaired) electrons. The third kappa shape index (κ3) is 2.62. The molecular formula is C17H19N3. The van der Waals surface area contributed by atoms with Crippen molar-refractivity contribution in [1.82, 2.24) is 4.98 Å². The molecule has 0 aliphatic rings. The number of nitrogens with one attached hydrogen (secondary N) is 2. The number of rotatable bonds is 4. The van der Waals surface area contributed by atoms with E-state index in [2.05, 4.69) is 77.8 Å². The molecule has 0 aliphatic heterocycles. The van der Waals surface area contributed by atoms with Gasteiger partial charge in [-0.15, -0.1) is 0 Å². The van der Waals surface area contributed by atoms with Gasteiger partial charge in [-0.25, -0.2) is 0 Å². The molecule has 2 aromatic carbocycles. The summed E-state index contributed by atoms with van der Waals surface area (Å²) in [5.74, 6) is 0. The van der Waals surface area contributed by atoms with E-state index in [9.17, 15) is 0 Å². The molecule has 3 nitrogen and oxygen atoms in total. The van der Waals surface area contributed by atoms with Crippen LogP contribution in [0.15, 0.2) is 54.7 Å². The molecule has 20 heavy (non-hydrogen) atoms. The molecule has 0 atom stereocenters. The lowest BCUT2D eigenvalue weighted by atomic mass is 10.2. The van der Waals surface area contributed by atoms with Crippen LogP contribution >= 0.6 is 0 Å². The highest BCUT2D eigenvalue weighted by Gasteiger charge is 1.99. The first kappa shape index (κ1) is 12.6. The van der Waals surface area contributed by atoms with Crippen LogP contribution < -0.4 is 10.2 Å². The lowest BCUT2D eigenvalue weighted by Gasteiger charge is -2.13. The monoisotopic (exact) mass is 265 g/mol. The van der Waals surface area contributed by atoms with E-state index in [1.54, 1.807) is 0 Å². The Morgan fingerprint density at radius 3 is 2.55 bits per heavy atom. The first-order valence-corrected chi connectivity index (χ1v) is 6.80. The van der Waals surface area contributed by atoms with E-state index in [-0.39, 0.29) is 0 Å². The van der Waals surface area contributed by atoms with Gasteiger partial charge in [0.2, 0.25) is 0 Å². The number of fused-ring (bicyclic) bond motifs is 1. The van der Waals surface area contributed by atoms with Crippen LogP contribution in [0.25, 0.3) is 10.9 Å². The fourth-order valence-electron chi connectivity index (χ4n) is 2.28. The van der Waals surface area contributed by atoms with Gasteiger partial charge in [0.1, 0.15) is 0 Å². The largest absolute Gasteiger partial charge is 0.381 e. The minimum Gasteiger partial charge on any atom is -0.381 e. The van der Waals surface area contributed by atoms with Crippen LogP contribution in [0.3, 0.4) is 0 Å². The Morgan fingerprint density at radius 1 is 1.00 bits per heavy atom. The first-order valence-electron chi connectivity index (χ1n) is 6.80. The number of H-pyrrole nitrogens is 1. The maximum Gasteiger partial charge on any atom is 0.0455 e. The molecule has 0 spiro atoms. The number of nitrogens with zero attached hydrogens (tertiary/aromatic N) is 1. The van der Waals surface area contributed by atoms with Crippen molar-refractivity contribution in [2.24, 2.45) is 0 Å². The van der Waals surface area contributed by atoms with Gasteiger partial charge < -0.3 is 15.2 Å². The zero-order valence-corrected chi connectivity index (χ0v) is 11.9. The molecule has 0 unspecified atom stereocenters. The zero-order valence-electron chi connectivity index (χ0n) is 11.9. The van der Waals surface area contributed by atoms with Crippen molar-refractivity contribution in [1.29, 1.82) is 0 Å². The molecule has 0 fully saturated rings. The second kappa shape index (κ2) is 5.29. The summed E-state index contributed by atoms with van der Waals surface area (Å²) in [6.45, 7) is 0.837. The fourth-order valence-corrected chi connectivity index (χ4v) is 2.28. The van der Waals surface area contributed by atoms with E-state index in [1.165, 1.54) is 22.2 Å². The molecule has 3 aromatic rings. The van der Waals surface area contributed by atoms with Crippen LogP contribution in [0.1, 0.15) is 5.56 Å². The van der Waals surface area contributed by atoms with Gasteiger partial charge in [-0.2, -0.15) is 0 Å². The Morgan fingerprint density at radius 2 is 1.80 bits per heavy atom. The maximum absolute atomic E-state index is 3.46. The number of hydrogen-bond acceptors (Lipinski definition) is 2. The van der Waals surface area contributed by atoms with Gasteiger partial charge in [-0.3, -0.25) is 0 Å². The van der Waals surface area contributed by atoms with Gasteiger partial charge in [-0.05, 0) is 42.0 Å². The zero-order chi connectivity index (χ0) is 13.9. The lowest BCUT2D eigenvalue weighted by Crippen LogP contribution is -2.08. The summed E-state index contributed by atoms with van der Waals surface area (Å²) in [4.78, 5) is 5.31. The number of hydrogen-bond donors (Lipinski definition) is 2. The molecule has 3 rings (SSSR count). The molecule has 0 bridgehead atoms. The van der Waals surface area contributed by atoms with Gasteiger partial charge in [0, 0.05) is 49.1 Å². The standard InChI is InChI=1S/C17H19N3/c1-20(2)16-6-3-13(4-7-16)12-19-15-5-8-17-14(11-15)9-10-18-17/h3-11,18-19H,12H2,1-2H3. The number of aromatic amines is 1. The molecule has 102 valence electrons. The molecule has 1 aromatic heterocycles. The van der Waals surface area contributed by atoms with Crippen LogP contribution in [-0.2, 0) is 6.54 Å². The minimum absolute atomic E-state index is 0.837. The molecule has 0 amide bonds. The van der Waals surface area contributed by atoms with Crippen molar-refractivity contribution >= 4 is 22.3 Å². The van der Waals surface area contributed by atoms with E-state index in [0.29, 0.717) is 0 Å². The van der Waals surface area contributed by atoms with Crippen LogP contribution in [0.5, 0.6) is 0 Å². The van der Waals surface area contributed by atoms with E-state index in [4.69, 9.17) is 0 Å². The van der Waals surface area contributed by atoms with E-state index in [0.717, 1.165) is 12.2 Å². The third-order valence-electron chi connectivity index (χ3n) is 3.50. The van der Waals surface area contributed by atoms with E-state index >= 15 is 0 Å². The highest BCUT2D eigenvalue weighted by Crippen LogP contribution is 2.19. The second-order valence-electron chi connectivity index (χ2n) is 5.19. The summed E-state index contributed by atoms with van der Waals surface area (Å²) in [6, 6.07) is 17.1. The highest BCUT2D eigenvalue weighted by atomic mass is 15.1. The van der Waals surface area contributed by atoms with Crippen molar-refractivity contribution in [2.45, 2.75) is 6.54 Å². The Kier molecular flexibility index (Phi) is 3.33. The normalized spacial score (nSPS) is 10.7. The van der Waals surface area contributed by atoms with Gasteiger partial charge >= 0.3 is 0 Å². The van der Waals surface area contributed by atoms with E-state index < -0.39 is 0 Å². The topological polar surface area (TPSA) is 31.1 Å². The quantitative estimate of drug-likeness (QED) is 0.751. The average Bonchev–Trinajstić information content (AvgIpc) is 2.93. The Labute approximate surface area is 119 Å². The summed E-state index contributed by atoms with van der Waals surface area (Å²) in [7, 11) is 4.11. The summed E-state index contributed by atoms with van der Waals surface area (Å²) in [5, 5.41) is 4.70. The first-order chi connectivity index (χ1) is 9.72. The average molecular weight is 265 g/mol. The van der Waals surface area contributed by atoms with Gasteiger partial charge in [0.25, 0.3) is 0 Å². The molecule has 1 heterocycles. The van der Waals surface area contributed by atoms with E-state index in [1.807, 2.05) is 6.20 Å². The summed E-state index contributed by atoms with van der Waals surface area (Å²) >= 11 is 0. The van der Waals surface area contributed by atoms with Crippen molar-refractivity contribution < 1.29 is 0 Å². The molecule has 0 saturated heterocycles. The summed E-state index contributed by atoms with van der Waals surface area (Å²) in [6.07, 6.45) is 1.97. The minimum atomic E-state index is 0.837. The lowest BCUT2D eigenvalue weighted by molar-refractivity contribution is 1.11. The third-order valence-corrected chi connectivity index (χ3v) is 3.50. The Bertz CT molecular complexity index is 696. The molecule has 2 N–H and O–H groups in total. The van der Waals surface area contributed by atoms with Gasteiger partial charge in [0.15, 0.2) is 0 Å². The smallest absolute Gasteiger partial charge is 0.0455 e. The maximum atomic E-state index is 3.46. The number of benzene rings is 2. The molecule has 0 saturated carbocycles.